The molecule has 1 unspecified atom stereocenters. The van der Waals surface area contributed by atoms with Crippen LogP contribution < -0.4 is 14.8 Å². The molecule has 7 nitrogen and oxygen atoms in total. The lowest BCUT2D eigenvalue weighted by Gasteiger charge is -2.24. The van der Waals surface area contributed by atoms with Gasteiger partial charge in [-0.05, 0) is 36.2 Å². The Hall–Kier alpha value is -2.96. The quantitative estimate of drug-likeness (QED) is 0.854. The number of likely N-dealkylation sites (tertiary alicyclic amines) is 1. The number of nitrogens with one attached hydrogen (secondary N) is 1. The summed E-state index contributed by atoms with van der Waals surface area (Å²) in [6.45, 7) is 1.07. The second-order valence-corrected chi connectivity index (χ2v) is 6.38. The highest BCUT2D eigenvalue weighted by atomic mass is 16.7. The average molecular weight is 356 g/mol. The molecule has 0 bridgehead atoms. The Labute approximate surface area is 150 Å². The number of benzene rings is 1. The maximum atomic E-state index is 12.5. The summed E-state index contributed by atoms with van der Waals surface area (Å²) >= 11 is 0. The standard InChI is InChI=1S/C19H20N2O5/c22-18-6-4-15(19(23)20-8-7-14-2-1-9-24-14)21(18)11-13-3-5-16-17(10-13)26-12-25-16/h1-3,5,9-10,15H,4,6-8,11-12H2,(H,20,23). The first-order valence-corrected chi connectivity index (χ1v) is 8.69. The number of amides is 2. The van der Waals surface area contributed by atoms with Crippen molar-refractivity contribution in [2.24, 2.45) is 0 Å². The van der Waals surface area contributed by atoms with Crippen molar-refractivity contribution in [1.82, 2.24) is 10.2 Å². The van der Waals surface area contributed by atoms with E-state index in [2.05, 4.69) is 5.32 Å². The highest BCUT2D eigenvalue weighted by molar-refractivity contribution is 5.90. The topological polar surface area (TPSA) is 81.0 Å². The Bertz CT molecular complexity index is 802. The molecular formula is C19H20N2O5. The highest BCUT2D eigenvalue weighted by Gasteiger charge is 2.36. The molecule has 1 atom stereocenters. The second kappa shape index (κ2) is 7.11. The van der Waals surface area contributed by atoms with Crippen LogP contribution in [0.3, 0.4) is 0 Å². The Morgan fingerprint density at radius 2 is 2.12 bits per heavy atom. The molecule has 2 aliphatic rings. The summed E-state index contributed by atoms with van der Waals surface area (Å²) in [5.41, 5.74) is 0.915. The van der Waals surface area contributed by atoms with Crippen LogP contribution in [0.4, 0.5) is 0 Å². The zero-order valence-electron chi connectivity index (χ0n) is 14.3. The molecule has 2 aliphatic heterocycles. The van der Waals surface area contributed by atoms with Gasteiger partial charge in [-0.3, -0.25) is 9.59 Å². The SMILES string of the molecule is O=C(NCCc1ccco1)C1CCC(=O)N1Cc1ccc2c(c1)OCO2. The number of furan rings is 1. The molecule has 136 valence electrons. The number of rotatable bonds is 6. The van der Waals surface area contributed by atoms with Gasteiger partial charge in [0.1, 0.15) is 11.8 Å². The predicted molar refractivity (Wildman–Crippen MR) is 91.6 cm³/mol. The van der Waals surface area contributed by atoms with E-state index in [1.165, 1.54) is 0 Å². The van der Waals surface area contributed by atoms with Gasteiger partial charge in [-0.15, -0.1) is 0 Å². The second-order valence-electron chi connectivity index (χ2n) is 6.38. The van der Waals surface area contributed by atoms with E-state index in [0.29, 0.717) is 43.9 Å². The summed E-state index contributed by atoms with van der Waals surface area (Å²) in [4.78, 5) is 26.4. The molecule has 7 heteroatoms. The first kappa shape index (κ1) is 16.5. The van der Waals surface area contributed by atoms with Gasteiger partial charge in [-0.1, -0.05) is 6.07 Å². The fourth-order valence-corrected chi connectivity index (χ4v) is 3.32. The van der Waals surface area contributed by atoms with Gasteiger partial charge in [-0.2, -0.15) is 0 Å². The molecule has 0 saturated carbocycles. The lowest BCUT2D eigenvalue weighted by molar-refractivity contribution is -0.135. The first-order valence-electron chi connectivity index (χ1n) is 8.69. The molecule has 1 fully saturated rings. The third kappa shape index (κ3) is 3.37. The zero-order valence-corrected chi connectivity index (χ0v) is 14.3. The van der Waals surface area contributed by atoms with Crippen LogP contribution in [0.1, 0.15) is 24.2 Å². The van der Waals surface area contributed by atoms with Crippen LogP contribution in [0.5, 0.6) is 11.5 Å². The van der Waals surface area contributed by atoms with Crippen LogP contribution in [-0.2, 0) is 22.6 Å². The van der Waals surface area contributed by atoms with Crippen LogP contribution >= 0.6 is 0 Å². The number of hydrogen-bond donors (Lipinski definition) is 1. The van der Waals surface area contributed by atoms with Gasteiger partial charge in [0, 0.05) is 25.9 Å². The molecule has 0 radical (unpaired) electrons. The highest BCUT2D eigenvalue weighted by Crippen LogP contribution is 2.33. The van der Waals surface area contributed by atoms with Crippen molar-refractivity contribution in [3.05, 3.63) is 47.9 Å². The molecule has 4 rings (SSSR count). The predicted octanol–water partition coefficient (Wildman–Crippen LogP) is 1.86. The van der Waals surface area contributed by atoms with Crippen LogP contribution in [0.25, 0.3) is 0 Å². The maximum Gasteiger partial charge on any atom is 0.242 e. The Morgan fingerprint density at radius 3 is 2.96 bits per heavy atom. The Morgan fingerprint density at radius 1 is 1.23 bits per heavy atom. The third-order valence-electron chi connectivity index (χ3n) is 4.67. The van der Waals surface area contributed by atoms with E-state index in [9.17, 15) is 9.59 Å². The number of fused-ring (bicyclic) bond motifs is 1. The summed E-state index contributed by atoms with van der Waals surface area (Å²) in [5.74, 6) is 2.07. The minimum atomic E-state index is -0.440. The van der Waals surface area contributed by atoms with E-state index in [0.717, 1.165) is 11.3 Å². The van der Waals surface area contributed by atoms with E-state index in [4.69, 9.17) is 13.9 Å². The lowest BCUT2D eigenvalue weighted by Crippen LogP contribution is -2.44. The van der Waals surface area contributed by atoms with E-state index < -0.39 is 6.04 Å². The van der Waals surface area contributed by atoms with Gasteiger partial charge in [0.25, 0.3) is 0 Å². The maximum absolute atomic E-state index is 12.5. The van der Waals surface area contributed by atoms with Crippen molar-refractivity contribution in [2.45, 2.75) is 31.8 Å². The molecule has 1 N–H and O–H groups in total. The van der Waals surface area contributed by atoms with E-state index in [1.54, 1.807) is 11.2 Å². The Balaban J connectivity index is 1.37. The minimum absolute atomic E-state index is 0.00569. The van der Waals surface area contributed by atoms with Gasteiger partial charge in [-0.25, -0.2) is 0 Å². The van der Waals surface area contributed by atoms with E-state index >= 15 is 0 Å². The number of ether oxygens (including phenoxy) is 2. The smallest absolute Gasteiger partial charge is 0.242 e. The molecule has 1 aromatic carbocycles. The summed E-state index contributed by atoms with van der Waals surface area (Å²) in [6, 6.07) is 8.84. The fourth-order valence-electron chi connectivity index (χ4n) is 3.32. The van der Waals surface area contributed by atoms with Gasteiger partial charge >= 0.3 is 0 Å². The number of carbonyl (C=O) groups is 2. The molecule has 3 heterocycles. The number of hydrogen-bond acceptors (Lipinski definition) is 5. The van der Waals surface area contributed by atoms with E-state index in [-0.39, 0.29) is 18.6 Å². The van der Waals surface area contributed by atoms with Crippen LogP contribution in [0.15, 0.2) is 41.0 Å². The van der Waals surface area contributed by atoms with E-state index in [1.807, 2.05) is 30.3 Å². The molecule has 2 amide bonds. The molecule has 2 aromatic rings. The normalized spacial score (nSPS) is 18.4. The van der Waals surface area contributed by atoms with Gasteiger partial charge in [0.05, 0.1) is 6.26 Å². The summed E-state index contributed by atoms with van der Waals surface area (Å²) < 4.78 is 15.9. The number of carbonyl (C=O) groups excluding carboxylic acids is 2. The average Bonchev–Trinajstić information content (AvgIpc) is 3.37. The van der Waals surface area contributed by atoms with Crippen molar-refractivity contribution in [3.8, 4) is 11.5 Å². The molecule has 1 aromatic heterocycles. The van der Waals surface area contributed by atoms with Crippen LogP contribution in [0.2, 0.25) is 0 Å². The monoisotopic (exact) mass is 356 g/mol. The van der Waals surface area contributed by atoms with Crippen LogP contribution in [-0.4, -0.2) is 36.1 Å². The minimum Gasteiger partial charge on any atom is -0.469 e. The largest absolute Gasteiger partial charge is 0.469 e. The van der Waals surface area contributed by atoms with Crippen molar-refractivity contribution >= 4 is 11.8 Å². The van der Waals surface area contributed by atoms with Gasteiger partial charge in [0.2, 0.25) is 18.6 Å². The van der Waals surface area contributed by atoms with Crippen molar-refractivity contribution in [2.75, 3.05) is 13.3 Å². The van der Waals surface area contributed by atoms with Crippen molar-refractivity contribution < 1.29 is 23.5 Å². The molecule has 0 aliphatic carbocycles. The number of nitrogens with zero attached hydrogens (tertiary/aromatic N) is 1. The van der Waals surface area contributed by atoms with Gasteiger partial charge < -0.3 is 24.1 Å². The summed E-state index contributed by atoms with van der Waals surface area (Å²) in [5, 5.41) is 2.90. The summed E-state index contributed by atoms with van der Waals surface area (Å²) in [6.07, 6.45) is 3.16. The van der Waals surface area contributed by atoms with Gasteiger partial charge in [0.15, 0.2) is 11.5 Å². The molecule has 1 saturated heterocycles. The van der Waals surface area contributed by atoms with Crippen molar-refractivity contribution in [3.63, 3.8) is 0 Å². The summed E-state index contributed by atoms with van der Waals surface area (Å²) in [7, 11) is 0. The Kier molecular flexibility index (Phi) is 4.51. The van der Waals surface area contributed by atoms with Crippen molar-refractivity contribution in [1.29, 1.82) is 0 Å². The molecular weight excluding hydrogens is 336 g/mol. The molecule has 26 heavy (non-hydrogen) atoms. The third-order valence-corrected chi connectivity index (χ3v) is 4.67. The fraction of sp³-hybridized carbons (Fsp3) is 0.368. The molecule has 0 spiro atoms. The first-order chi connectivity index (χ1) is 12.7. The zero-order chi connectivity index (χ0) is 17.9. The lowest BCUT2D eigenvalue weighted by atomic mass is 10.1. The van der Waals surface area contributed by atoms with Crippen LogP contribution in [0, 0.1) is 0 Å².